The number of likely N-dealkylation sites (tertiary alicyclic amines) is 1. The zero-order valence-corrected chi connectivity index (χ0v) is 15.7. The summed E-state index contributed by atoms with van der Waals surface area (Å²) in [5.74, 6) is -0.136. The van der Waals surface area contributed by atoms with Gasteiger partial charge < -0.3 is 9.80 Å². The molecular weight excluding hydrogens is 324 g/mol. The first-order chi connectivity index (χ1) is 12.4. The maximum absolute atomic E-state index is 12.8. The van der Waals surface area contributed by atoms with Crippen LogP contribution < -0.4 is 0 Å². The molecule has 1 saturated heterocycles. The van der Waals surface area contributed by atoms with Gasteiger partial charge in [-0.25, -0.2) is 0 Å². The summed E-state index contributed by atoms with van der Waals surface area (Å²) in [7, 11) is 1.82. The van der Waals surface area contributed by atoms with Crippen LogP contribution in [0.4, 0.5) is 0 Å². The molecule has 1 heterocycles. The van der Waals surface area contributed by atoms with Crippen molar-refractivity contribution in [1.82, 2.24) is 9.80 Å². The summed E-state index contributed by atoms with van der Waals surface area (Å²) in [6, 6.07) is 16.3. The quantitative estimate of drug-likeness (QED) is 0.830. The van der Waals surface area contributed by atoms with Crippen LogP contribution >= 0.6 is 0 Å². The number of benzene rings is 2. The third kappa shape index (κ3) is 4.13. The van der Waals surface area contributed by atoms with Gasteiger partial charge in [-0.1, -0.05) is 54.1 Å². The lowest BCUT2D eigenvalue weighted by Crippen LogP contribution is -2.34. The van der Waals surface area contributed by atoms with Crippen LogP contribution in [0.25, 0.3) is 0 Å². The molecule has 0 aliphatic carbocycles. The Bertz CT molecular complexity index is 798. The second-order valence-electron chi connectivity index (χ2n) is 7.28. The standard InChI is InChI=1S/C22H26N2O2/c1-16-8-10-18(11-9-16)13-24-15-20(12-21(24)25)22(26)23(3)14-19-7-5-4-6-17(19)2/h4-11,20H,12-15H2,1-3H3. The summed E-state index contributed by atoms with van der Waals surface area (Å²) in [6.07, 6.45) is 0.308. The Labute approximate surface area is 155 Å². The van der Waals surface area contributed by atoms with Crippen molar-refractivity contribution >= 4 is 11.8 Å². The van der Waals surface area contributed by atoms with Crippen molar-refractivity contribution in [3.63, 3.8) is 0 Å². The molecule has 4 heteroatoms. The first kappa shape index (κ1) is 18.2. The highest BCUT2D eigenvalue weighted by atomic mass is 16.2. The van der Waals surface area contributed by atoms with Crippen LogP contribution in [-0.2, 0) is 22.7 Å². The average Bonchev–Trinajstić information content (AvgIpc) is 2.99. The molecule has 1 atom stereocenters. The number of rotatable bonds is 5. The molecule has 2 amide bonds. The smallest absolute Gasteiger partial charge is 0.228 e. The first-order valence-corrected chi connectivity index (χ1v) is 9.07. The van der Waals surface area contributed by atoms with E-state index in [1.165, 1.54) is 11.1 Å². The number of hydrogen-bond donors (Lipinski definition) is 0. The third-order valence-electron chi connectivity index (χ3n) is 5.10. The second-order valence-corrected chi connectivity index (χ2v) is 7.28. The van der Waals surface area contributed by atoms with Crippen LogP contribution in [0.1, 0.15) is 28.7 Å². The van der Waals surface area contributed by atoms with Crippen LogP contribution in [0.5, 0.6) is 0 Å². The molecule has 136 valence electrons. The Morgan fingerprint density at radius 1 is 1.12 bits per heavy atom. The van der Waals surface area contributed by atoms with Gasteiger partial charge in [-0.3, -0.25) is 9.59 Å². The molecule has 0 bridgehead atoms. The number of nitrogens with zero attached hydrogens (tertiary/aromatic N) is 2. The fraction of sp³-hybridized carbons (Fsp3) is 0.364. The Morgan fingerprint density at radius 3 is 2.50 bits per heavy atom. The zero-order valence-electron chi connectivity index (χ0n) is 15.7. The highest BCUT2D eigenvalue weighted by Crippen LogP contribution is 2.23. The minimum Gasteiger partial charge on any atom is -0.341 e. The predicted molar refractivity (Wildman–Crippen MR) is 102 cm³/mol. The Kier molecular flexibility index (Phi) is 5.40. The molecule has 0 aromatic heterocycles. The summed E-state index contributed by atoms with van der Waals surface area (Å²) in [4.78, 5) is 28.7. The molecule has 4 nitrogen and oxygen atoms in total. The van der Waals surface area contributed by atoms with E-state index in [2.05, 4.69) is 25.1 Å². The molecule has 1 fully saturated rings. The molecule has 0 N–H and O–H groups in total. The molecule has 0 spiro atoms. The summed E-state index contributed by atoms with van der Waals surface area (Å²) >= 11 is 0. The van der Waals surface area contributed by atoms with Gasteiger partial charge in [0.05, 0.1) is 5.92 Å². The first-order valence-electron chi connectivity index (χ1n) is 9.07. The van der Waals surface area contributed by atoms with Crippen molar-refractivity contribution in [2.45, 2.75) is 33.4 Å². The van der Waals surface area contributed by atoms with E-state index in [0.717, 1.165) is 11.1 Å². The van der Waals surface area contributed by atoms with Crippen molar-refractivity contribution in [1.29, 1.82) is 0 Å². The van der Waals surface area contributed by atoms with E-state index in [-0.39, 0.29) is 17.7 Å². The number of hydrogen-bond acceptors (Lipinski definition) is 2. The Hall–Kier alpha value is -2.62. The van der Waals surface area contributed by atoms with Gasteiger partial charge in [-0.2, -0.15) is 0 Å². The lowest BCUT2D eigenvalue weighted by molar-refractivity contribution is -0.135. The topological polar surface area (TPSA) is 40.6 Å². The summed E-state index contributed by atoms with van der Waals surface area (Å²) < 4.78 is 0. The molecule has 2 aromatic rings. The minimum atomic E-state index is -0.248. The summed E-state index contributed by atoms with van der Waals surface area (Å²) in [5.41, 5.74) is 4.62. The van der Waals surface area contributed by atoms with Crippen LogP contribution in [0.3, 0.4) is 0 Å². The normalized spacial score (nSPS) is 16.8. The van der Waals surface area contributed by atoms with E-state index in [9.17, 15) is 9.59 Å². The lowest BCUT2D eigenvalue weighted by atomic mass is 10.1. The van der Waals surface area contributed by atoms with Crippen molar-refractivity contribution in [3.8, 4) is 0 Å². The summed E-state index contributed by atoms with van der Waals surface area (Å²) in [6.45, 7) is 5.75. The van der Waals surface area contributed by atoms with Gasteiger partial charge in [0.25, 0.3) is 0 Å². The molecule has 26 heavy (non-hydrogen) atoms. The number of carbonyl (C=O) groups is 2. The van der Waals surface area contributed by atoms with E-state index >= 15 is 0 Å². The molecule has 2 aromatic carbocycles. The van der Waals surface area contributed by atoms with E-state index < -0.39 is 0 Å². The lowest BCUT2D eigenvalue weighted by Gasteiger charge is -2.22. The van der Waals surface area contributed by atoms with E-state index in [4.69, 9.17) is 0 Å². The van der Waals surface area contributed by atoms with Crippen LogP contribution in [0.15, 0.2) is 48.5 Å². The van der Waals surface area contributed by atoms with Gasteiger partial charge in [0, 0.05) is 33.1 Å². The van der Waals surface area contributed by atoms with E-state index in [1.54, 1.807) is 9.80 Å². The summed E-state index contributed by atoms with van der Waals surface area (Å²) in [5, 5.41) is 0. The monoisotopic (exact) mass is 350 g/mol. The van der Waals surface area contributed by atoms with Crippen molar-refractivity contribution < 1.29 is 9.59 Å². The van der Waals surface area contributed by atoms with Gasteiger partial charge in [0.15, 0.2) is 0 Å². The maximum atomic E-state index is 12.8. The second kappa shape index (κ2) is 7.73. The van der Waals surface area contributed by atoms with Crippen molar-refractivity contribution in [2.75, 3.05) is 13.6 Å². The van der Waals surface area contributed by atoms with Crippen molar-refractivity contribution in [2.24, 2.45) is 5.92 Å². The van der Waals surface area contributed by atoms with Gasteiger partial charge in [-0.05, 0) is 30.5 Å². The Balaban J connectivity index is 1.61. The fourth-order valence-corrected chi connectivity index (χ4v) is 3.44. The third-order valence-corrected chi connectivity index (χ3v) is 5.10. The zero-order chi connectivity index (χ0) is 18.7. The van der Waals surface area contributed by atoms with Crippen LogP contribution in [-0.4, -0.2) is 35.2 Å². The molecule has 3 rings (SSSR count). The minimum absolute atomic E-state index is 0.0491. The van der Waals surface area contributed by atoms with Crippen LogP contribution in [0, 0.1) is 19.8 Å². The molecule has 1 aliphatic rings. The fourth-order valence-electron chi connectivity index (χ4n) is 3.44. The van der Waals surface area contributed by atoms with E-state index in [1.807, 2.05) is 44.3 Å². The van der Waals surface area contributed by atoms with E-state index in [0.29, 0.717) is 26.1 Å². The van der Waals surface area contributed by atoms with Crippen molar-refractivity contribution in [3.05, 3.63) is 70.8 Å². The van der Waals surface area contributed by atoms with Crippen LogP contribution in [0.2, 0.25) is 0 Å². The molecular formula is C22H26N2O2. The number of aryl methyl sites for hydroxylation is 2. The largest absolute Gasteiger partial charge is 0.341 e. The van der Waals surface area contributed by atoms with Gasteiger partial charge in [0.2, 0.25) is 11.8 Å². The Morgan fingerprint density at radius 2 is 1.81 bits per heavy atom. The van der Waals surface area contributed by atoms with Gasteiger partial charge in [0.1, 0.15) is 0 Å². The molecule has 1 aliphatic heterocycles. The predicted octanol–water partition coefficient (Wildman–Crippen LogP) is 3.31. The molecule has 0 radical (unpaired) electrons. The maximum Gasteiger partial charge on any atom is 0.228 e. The highest BCUT2D eigenvalue weighted by Gasteiger charge is 2.35. The van der Waals surface area contributed by atoms with Gasteiger partial charge >= 0.3 is 0 Å². The number of carbonyl (C=O) groups excluding carboxylic acids is 2. The SMILES string of the molecule is Cc1ccc(CN2CC(C(=O)N(C)Cc3ccccc3C)CC2=O)cc1. The molecule has 1 unspecified atom stereocenters. The average molecular weight is 350 g/mol. The molecule has 0 saturated carbocycles. The number of amides is 2. The highest BCUT2D eigenvalue weighted by molar-refractivity contribution is 5.89. The van der Waals surface area contributed by atoms with Gasteiger partial charge in [-0.15, -0.1) is 0 Å².